The zero-order valence-corrected chi connectivity index (χ0v) is 16.0. The summed E-state index contributed by atoms with van der Waals surface area (Å²) in [5.74, 6) is -0.547. The molecular formula is C19H21FN4OS. The summed E-state index contributed by atoms with van der Waals surface area (Å²) in [5, 5.41) is 9.65. The molecule has 0 fully saturated rings. The Morgan fingerprint density at radius 2 is 1.96 bits per heavy atom. The van der Waals surface area contributed by atoms with Crippen LogP contribution in [-0.2, 0) is 7.05 Å². The first-order chi connectivity index (χ1) is 12.2. The number of nitrogens with one attached hydrogen (secondary N) is 1. The van der Waals surface area contributed by atoms with Gasteiger partial charge >= 0.3 is 0 Å². The predicted octanol–water partition coefficient (Wildman–Crippen LogP) is 4.20. The molecule has 0 aliphatic rings. The molecule has 0 saturated carbocycles. The number of hydrogen-bond donors (Lipinski definition) is 1. The van der Waals surface area contributed by atoms with Gasteiger partial charge in [-0.25, -0.2) is 9.37 Å². The van der Waals surface area contributed by atoms with Crippen molar-refractivity contribution in [1.82, 2.24) is 20.1 Å². The van der Waals surface area contributed by atoms with Gasteiger partial charge < -0.3 is 5.32 Å². The van der Waals surface area contributed by atoms with E-state index in [9.17, 15) is 9.18 Å². The first kappa shape index (κ1) is 18.3. The van der Waals surface area contributed by atoms with Crippen LogP contribution in [0.3, 0.4) is 0 Å². The number of halogens is 1. The number of amides is 1. The number of nitrogens with zero attached hydrogens (tertiary/aromatic N) is 3. The number of benzene rings is 1. The van der Waals surface area contributed by atoms with Crippen molar-refractivity contribution in [3.63, 3.8) is 0 Å². The Bertz CT molecular complexity index is 908. The van der Waals surface area contributed by atoms with Crippen molar-refractivity contribution < 1.29 is 9.18 Å². The van der Waals surface area contributed by atoms with E-state index >= 15 is 0 Å². The zero-order valence-electron chi connectivity index (χ0n) is 15.2. The lowest BCUT2D eigenvalue weighted by atomic mass is 9.82. The SMILES string of the molecule is Cn1cc(-c2nc(C(=O)NC(c3ccc(F)cc3)C(C)(C)C)cs2)cn1. The Balaban J connectivity index is 1.82. The van der Waals surface area contributed by atoms with Crippen molar-refractivity contribution in [2.24, 2.45) is 12.5 Å². The van der Waals surface area contributed by atoms with Gasteiger partial charge in [0.25, 0.3) is 5.91 Å². The summed E-state index contributed by atoms with van der Waals surface area (Å²) >= 11 is 1.40. The summed E-state index contributed by atoms with van der Waals surface area (Å²) in [5.41, 5.74) is 1.86. The smallest absolute Gasteiger partial charge is 0.271 e. The molecular weight excluding hydrogens is 351 g/mol. The van der Waals surface area contributed by atoms with E-state index in [0.29, 0.717) is 5.69 Å². The average Bonchev–Trinajstić information content (AvgIpc) is 3.21. The molecule has 0 aliphatic carbocycles. The van der Waals surface area contributed by atoms with Gasteiger partial charge in [-0.3, -0.25) is 9.48 Å². The lowest BCUT2D eigenvalue weighted by Gasteiger charge is -2.31. The van der Waals surface area contributed by atoms with Gasteiger partial charge in [-0.05, 0) is 23.1 Å². The highest BCUT2D eigenvalue weighted by Gasteiger charge is 2.29. The third-order valence-electron chi connectivity index (χ3n) is 4.03. The molecule has 3 aromatic rings. The van der Waals surface area contributed by atoms with Crippen molar-refractivity contribution in [1.29, 1.82) is 0 Å². The fraction of sp³-hybridized carbons (Fsp3) is 0.316. The van der Waals surface area contributed by atoms with Gasteiger partial charge in [-0.2, -0.15) is 5.10 Å². The van der Waals surface area contributed by atoms with Gasteiger partial charge in [-0.15, -0.1) is 11.3 Å². The number of hydrogen-bond acceptors (Lipinski definition) is 4. The second-order valence-electron chi connectivity index (χ2n) is 7.26. The molecule has 0 saturated heterocycles. The predicted molar refractivity (Wildman–Crippen MR) is 100 cm³/mol. The van der Waals surface area contributed by atoms with Crippen LogP contribution in [-0.4, -0.2) is 20.7 Å². The second kappa shape index (κ2) is 6.99. The highest BCUT2D eigenvalue weighted by Crippen LogP contribution is 2.33. The minimum atomic E-state index is -0.298. The summed E-state index contributed by atoms with van der Waals surface area (Å²) in [6, 6.07) is 5.95. The molecule has 1 aromatic carbocycles. The molecule has 1 N–H and O–H groups in total. The Morgan fingerprint density at radius 1 is 1.27 bits per heavy atom. The fourth-order valence-corrected chi connectivity index (χ4v) is 3.48. The fourth-order valence-electron chi connectivity index (χ4n) is 2.70. The van der Waals surface area contributed by atoms with Gasteiger partial charge in [-0.1, -0.05) is 32.9 Å². The van der Waals surface area contributed by atoms with E-state index in [1.807, 2.05) is 34.0 Å². The monoisotopic (exact) mass is 372 g/mol. The molecule has 0 spiro atoms. The number of carbonyl (C=O) groups is 1. The van der Waals surface area contributed by atoms with E-state index in [-0.39, 0.29) is 23.2 Å². The number of aromatic nitrogens is 3. The third kappa shape index (κ3) is 3.99. The topological polar surface area (TPSA) is 59.8 Å². The molecule has 3 rings (SSSR count). The summed E-state index contributed by atoms with van der Waals surface area (Å²) in [4.78, 5) is 17.2. The van der Waals surface area contributed by atoms with Gasteiger partial charge in [0.05, 0.1) is 12.2 Å². The van der Waals surface area contributed by atoms with Crippen LogP contribution in [0.2, 0.25) is 0 Å². The normalized spacial score (nSPS) is 12.8. The molecule has 0 radical (unpaired) electrons. The molecule has 136 valence electrons. The molecule has 7 heteroatoms. The molecule has 1 atom stereocenters. The minimum Gasteiger partial charge on any atom is -0.343 e. The van der Waals surface area contributed by atoms with Crippen LogP contribution in [0.1, 0.15) is 42.9 Å². The largest absolute Gasteiger partial charge is 0.343 e. The molecule has 5 nitrogen and oxygen atoms in total. The summed E-state index contributed by atoms with van der Waals surface area (Å²) in [6.07, 6.45) is 3.58. The van der Waals surface area contributed by atoms with Gasteiger partial charge in [0.1, 0.15) is 16.5 Å². The lowest BCUT2D eigenvalue weighted by Crippen LogP contribution is -2.36. The molecule has 0 aliphatic heterocycles. The van der Waals surface area contributed by atoms with Crippen LogP contribution in [0, 0.1) is 11.2 Å². The number of thiazole rings is 1. The van der Waals surface area contributed by atoms with Crippen LogP contribution >= 0.6 is 11.3 Å². The van der Waals surface area contributed by atoms with Crippen molar-refractivity contribution in [3.8, 4) is 10.6 Å². The van der Waals surface area contributed by atoms with Gasteiger partial charge in [0, 0.05) is 24.2 Å². The quantitative estimate of drug-likeness (QED) is 0.747. The second-order valence-corrected chi connectivity index (χ2v) is 8.12. The first-order valence-electron chi connectivity index (χ1n) is 8.25. The molecule has 1 unspecified atom stereocenters. The number of aryl methyl sites for hydroxylation is 1. The number of carbonyl (C=O) groups excluding carboxylic acids is 1. The van der Waals surface area contributed by atoms with Gasteiger partial charge in [0.2, 0.25) is 0 Å². The molecule has 2 heterocycles. The summed E-state index contributed by atoms with van der Waals surface area (Å²) in [7, 11) is 1.83. The standard InChI is InChI=1S/C19H21FN4OS/c1-19(2,3)16(12-5-7-14(20)8-6-12)23-17(25)15-11-26-18(22-15)13-9-21-24(4)10-13/h5-11,16H,1-4H3,(H,23,25). The zero-order chi connectivity index (χ0) is 18.9. The van der Waals surface area contributed by atoms with E-state index < -0.39 is 0 Å². The molecule has 2 aromatic heterocycles. The highest BCUT2D eigenvalue weighted by atomic mass is 32.1. The molecule has 26 heavy (non-hydrogen) atoms. The van der Waals surface area contributed by atoms with Crippen molar-refractivity contribution >= 4 is 17.2 Å². The van der Waals surface area contributed by atoms with E-state index in [1.54, 1.807) is 28.4 Å². The maximum Gasteiger partial charge on any atom is 0.271 e. The lowest BCUT2D eigenvalue weighted by molar-refractivity contribution is 0.0897. The highest BCUT2D eigenvalue weighted by molar-refractivity contribution is 7.13. The van der Waals surface area contributed by atoms with Crippen molar-refractivity contribution in [3.05, 3.63) is 59.1 Å². The maximum absolute atomic E-state index is 13.2. The van der Waals surface area contributed by atoms with Crippen LogP contribution in [0.15, 0.2) is 42.0 Å². The Hall–Kier alpha value is -2.54. The van der Waals surface area contributed by atoms with E-state index in [1.165, 1.54) is 23.5 Å². The Kier molecular flexibility index (Phi) is 4.91. The minimum absolute atomic E-state index is 0.240. The van der Waals surface area contributed by atoms with Gasteiger partial charge in [0.15, 0.2) is 0 Å². The van der Waals surface area contributed by atoms with Crippen LogP contribution in [0.25, 0.3) is 10.6 Å². The molecule has 0 bridgehead atoms. The average molecular weight is 372 g/mol. The van der Waals surface area contributed by atoms with Crippen LogP contribution < -0.4 is 5.32 Å². The van der Waals surface area contributed by atoms with E-state index in [4.69, 9.17) is 0 Å². The van der Waals surface area contributed by atoms with Crippen LogP contribution in [0.4, 0.5) is 4.39 Å². The summed E-state index contributed by atoms with van der Waals surface area (Å²) < 4.78 is 14.9. The Morgan fingerprint density at radius 3 is 2.54 bits per heavy atom. The van der Waals surface area contributed by atoms with E-state index in [2.05, 4.69) is 15.4 Å². The number of rotatable bonds is 4. The maximum atomic E-state index is 13.2. The summed E-state index contributed by atoms with van der Waals surface area (Å²) in [6.45, 7) is 6.09. The third-order valence-corrected chi connectivity index (χ3v) is 4.92. The van der Waals surface area contributed by atoms with Crippen LogP contribution in [0.5, 0.6) is 0 Å². The van der Waals surface area contributed by atoms with Crippen molar-refractivity contribution in [2.45, 2.75) is 26.8 Å². The Labute approximate surface area is 155 Å². The first-order valence-corrected chi connectivity index (χ1v) is 9.13. The molecule has 1 amide bonds. The van der Waals surface area contributed by atoms with Crippen molar-refractivity contribution in [2.75, 3.05) is 0 Å². The van der Waals surface area contributed by atoms with E-state index in [0.717, 1.165) is 16.1 Å².